The first-order chi connectivity index (χ1) is 7.26. The van der Waals surface area contributed by atoms with Crippen molar-refractivity contribution in [3.05, 3.63) is 0 Å². The van der Waals surface area contributed by atoms with Crippen LogP contribution in [0.5, 0.6) is 0 Å². The van der Waals surface area contributed by atoms with Gasteiger partial charge in [0.2, 0.25) is 0 Å². The second-order valence-corrected chi connectivity index (χ2v) is 4.49. The third kappa shape index (κ3) is 3.20. The Kier molecular flexibility index (Phi) is 4.41. The quantitative estimate of drug-likeness (QED) is 0.289. The van der Waals surface area contributed by atoms with Crippen molar-refractivity contribution in [3.8, 4) is 0 Å². The summed E-state index contributed by atoms with van der Waals surface area (Å²) in [6, 6.07) is 0. The highest BCUT2D eigenvalue weighted by atomic mass is 31.2. The summed E-state index contributed by atoms with van der Waals surface area (Å²) in [5.74, 6) is 0. The van der Waals surface area contributed by atoms with E-state index in [1.165, 1.54) is 0 Å². The minimum absolute atomic E-state index is 0.702. The van der Waals surface area contributed by atoms with E-state index in [0.29, 0.717) is 0 Å². The molecule has 6 N–H and O–H groups in total. The summed E-state index contributed by atoms with van der Waals surface area (Å²) in [4.78, 5) is 17.0. The molecule has 0 aromatic carbocycles. The van der Waals surface area contributed by atoms with E-state index in [-0.39, 0.29) is 0 Å². The molecule has 0 unspecified atom stereocenters. The zero-order valence-corrected chi connectivity index (χ0v) is 8.84. The first-order valence-electron chi connectivity index (χ1n) is 4.30. The molecule has 1 aliphatic heterocycles. The third-order valence-corrected chi connectivity index (χ3v) is 2.57. The van der Waals surface area contributed by atoms with Crippen LogP contribution in [0.2, 0.25) is 0 Å². The SMILES string of the molecule is O=P(O)(O)O[C@@H]1O[C@H](CO)[C@H](O)[C@H](O)[C@H]1O. The standard InChI is InChI=1S/C6H13O9P/c7-1-2-3(8)4(9)5(10)6(14-2)15-16(11,12)13/h2-10H,1H2,(H2,11,12,13)/t2-,3+,4+,5-,6+/m1/s1. The molecule has 1 aliphatic rings. The summed E-state index contributed by atoms with van der Waals surface area (Å²) in [7, 11) is -4.91. The maximum absolute atomic E-state index is 10.5. The van der Waals surface area contributed by atoms with Crippen LogP contribution in [0, 0.1) is 0 Å². The molecular weight excluding hydrogens is 247 g/mol. The third-order valence-electron chi connectivity index (χ3n) is 2.09. The molecule has 0 spiro atoms. The number of phosphoric ester groups is 1. The highest BCUT2D eigenvalue weighted by molar-refractivity contribution is 7.46. The molecule has 1 fully saturated rings. The van der Waals surface area contributed by atoms with Gasteiger partial charge in [-0.05, 0) is 0 Å². The van der Waals surface area contributed by atoms with Gasteiger partial charge >= 0.3 is 7.82 Å². The number of hydrogen-bond acceptors (Lipinski definition) is 7. The average Bonchev–Trinajstić information content (AvgIpc) is 2.17. The molecule has 0 aromatic rings. The molecule has 1 saturated heterocycles. The highest BCUT2D eigenvalue weighted by Crippen LogP contribution is 2.40. The van der Waals surface area contributed by atoms with Gasteiger partial charge in [0, 0.05) is 0 Å². The van der Waals surface area contributed by atoms with Gasteiger partial charge in [-0.2, -0.15) is 0 Å². The van der Waals surface area contributed by atoms with E-state index in [9.17, 15) is 19.9 Å². The molecule has 10 heteroatoms. The van der Waals surface area contributed by atoms with Crippen molar-refractivity contribution in [1.82, 2.24) is 0 Å². The van der Waals surface area contributed by atoms with Gasteiger partial charge in [-0.25, -0.2) is 4.57 Å². The molecule has 1 heterocycles. The largest absolute Gasteiger partial charge is 0.472 e. The Morgan fingerprint density at radius 1 is 1.12 bits per heavy atom. The molecule has 5 atom stereocenters. The Morgan fingerprint density at radius 3 is 2.12 bits per heavy atom. The maximum atomic E-state index is 10.5. The fourth-order valence-electron chi connectivity index (χ4n) is 1.29. The lowest BCUT2D eigenvalue weighted by Gasteiger charge is -2.39. The molecule has 0 saturated carbocycles. The van der Waals surface area contributed by atoms with Crippen molar-refractivity contribution in [2.24, 2.45) is 0 Å². The van der Waals surface area contributed by atoms with Crippen LogP contribution in [-0.2, 0) is 13.8 Å². The smallest absolute Gasteiger partial charge is 0.394 e. The first kappa shape index (κ1) is 14.0. The van der Waals surface area contributed by atoms with Gasteiger partial charge in [0.05, 0.1) is 6.61 Å². The Morgan fingerprint density at radius 2 is 1.69 bits per heavy atom. The van der Waals surface area contributed by atoms with E-state index >= 15 is 0 Å². The lowest BCUT2D eigenvalue weighted by Crippen LogP contribution is -2.58. The second-order valence-electron chi connectivity index (χ2n) is 3.29. The van der Waals surface area contributed by atoms with E-state index in [1.54, 1.807) is 0 Å². The zero-order chi connectivity index (χ0) is 12.5. The second kappa shape index (κ2) is 5.05. The van der Waals surface area contributed by atoms with Crippen molar-refractivity contribution in [2.75, 3.05) is 6.61 Å². The summed E-state index contributed by atoms with van der Waals surface area (Å²) in [5, 5.41) is 36.6. The van der Waals surface area contributed by atoms with E-state index in [4.69, 9.17) is 14.9 Å². The maximum Gasteiger partial charge on any atom is 0.472 e. The first-order valence-corrected chi connectivity index (χ1v) is 5.83. The van der Waals surface area contributed by atoms with Crippen LogP contribution in [0.3, 0.4) is 0 Å². The Balaban J connectivity index is 2.75. The molecule has 0 aliphatic carbocycles. The molecule has 1 rings (SSSR count). The van der Waals surface area contributed by atoms with E-state index < -0.39 is 45.1 Å². The lowest BCUT2D eigenvalue weighted by molar-refractivity contribution is -0.280. The van der Waals surface area contributed by atoms with Crippen molar-refractivity contribution in [2.45, 2.75) is 30.7 Å². The molecule has 16 heavy (non-hydrogen) atoms. The van der Waals surface area contributed by atoms with Crippen molar-refractivity contribution >= 4 is 7.82 Å². The molecule has 0 radical (unpaired) electrons. The fourth-order valence-corrected chi connectivity index (χ4v) is 1.73. The van der Waals surface area contributed by atoms with Crippen molar-refractivity contribution in [3.63, 3.8) is 0 Å². The van der Waals surface area contributed by atoms with Crippen LogP contribution in [0.1, 0.15) is 0 Å². The summed E-state index contributed by atoms with van der Waals surface area (Å²) in [6.07, 6.45) is -8.25. The number of aliphatic hydroxyl groups is 4. The lowest BCUT2D eigenvalue weighted by atomic mass is 10.00. The Hall–Kier alpha value is -0.0900. The average molecular weight is 260 g/mol. The molecule has 9 nitrogen and oxygen atoms in total. The van der Waals surface area contributed by atoms with Gasteiger partial charge in [-0.15, -0.1) is 0 Å². The predicted octanol–water partition coefficient (Wildman–Crippen LogP) is -3.10. The molecule has 96 valence electrons. The van der Waals surface area contributed by atoms with Gasteiger partial charge in [0.25, 0.3) is 0 Å². The van der Waals surface area contributed by atoms with Gasteiger partial charge in [-0.1, -0.05) is 0 Å². The van der Waals surface area contributed by atoms with Crippen molar-refractivity contribution < 1.29 is 44.0 Å². The monoisotopic (exact) mass is 260 g/mol. The van der Waals surface area contributed by atoms with Crippen LogP contribution < -0.4 is 0 Å². The number of ether oxygens (including phenoxy) is 1. The number of hydrogen-bond donors (Lipinski definition) is 6. The predicted molar refractivity (Wildman–Crippen MR) is 46.9 cm³/mol. The van der Waals surface area contributed by atoms with Gasteiger partial charge in [-0.3, -0.25) is 4.52 Å². The van der Waals surface area contributed by atoms with Crippen molar-refractivity contribution in [1.29, 1.82) is 0 Å². The van der Waals surface area contributed by atoms with Crippen LogP contribution in [-0.4, -0.2) is 67.5 Å². The molecule has 0 aromatic heterocycles. The van der Waals surface area contributed by atoms with E-state index in [2.05, 4.69) is 9.26 Å². The minimum Gasteiger partial charge on any atom is -0.394 e. The number of aliphatic hydroxyl groups excluding tert-OH is 4. The van der Waals surface area contributed by atoms with E-state index in [1.807, 2.05) is 0 Å². The molecule has 0 bridgehead atoms. The van der Waals surface area contributed by atoms with Crippen LogP contribution in [0.4, 0.5) is 0 Å². The Bertz CT molecular complexity index is 275. The number of phosphoric acid groups is 1. The van der Waals surface area contributed by atoms with E-state index in [0.717, 1.165) is 0 Å². The topological polar surface area (TPSA) is 157 Å². The van der Waals surface area contributed by atoms with Gasteiger partial charge in [0.15, 0.2) is 6.29 Å². The van der Waals surface area contributed by atoms with Gasteiger partial charge in [0.1, 0.15) is 24.4 Å². The number of rotatable bonds is 3. The summed E-state index contributed by atoms with van der Waals surface area (Å²) in [6.45, 7) is -0.702. The van der Waals surface area contributed by atoms with Gasteiger partial charge < -0.3 is 34.9 Å². The van der Waals surface area contributed by atoms with Crippen LogP contribution >= 0.6 is 7.82 Å². The summed E-state index contributed by atoms with van der Waals surface area (Å²) in [5.41, 5.74) is 0. The minimum atomic E-state index is -4.91. The summed E-state index contributed by atoms with van der Waals surface area (Å²) < 4.78 is 19.2. The van der Waals surface area contributed by atoms with Crippen LogP contribution in [0.15, 0.2) is 0 Å². The normalized spacial score (nSPS) is 41.0. The highest BCUT2D eigenvalue weighted by Gasteiger charge is 2.46. The molecular formula is C6H13O9P. The molecule has 0 amide bonds. The summed E-state index contributed by atoms with van der Waals surface area (Å²) >= 11 is 0. The van der Waals surface area contributed by atoms with Crippen LogP contribution in [0.25, 0.3) is 0 Å². The fraction of sp³-hybridized carbons (Fsp3) is 1.00. The Labute approximate surface area is 90.1 Å². The zero-order valence-electron chi connectivity index (χ0n) is 7.95.